The number of hydrogen-bond donors (Lipinski definition) is 2. The molecule has 1 saturated carbocycles. The normalized spacial score (nSPS) is 35.0. The van der Waals surface area contributed by atoms with Gasteiger partial charge in [0.2, 0.25) is 0 Å². The van der Waals surface area contributed by atoms with Gasteiger partial charge in [-0.3, -0.25) is 0 Å². The molecule has 1 heterocycles. The minimum atomic E-state index is -2.79. The number of nitrogens with one attached hydrogen (secondary N) is 2. The van der Waals surface area contributed by atoms with Crippen molar-refractivity contribution in [2.45, 2.75) is 64.5 Å². The molecule has 4 unspecified atom stereocenters. The molecule has 1 fully saturated rings. The second kappa shape index (κ2) is 5.71. The number of alkyl halides is 2. The van der Waals surface area contributed by atoms with E-state index in [0.717, 1.165) is 31.0 Å². The van der Waals surface area contributed by atoms with Gasteiger partial charge in [-0.25, -0.2) is 8.78 Å². The molecular weight excluding hydrogens is 282 g/mol. The highest BCUT2D eigenvalue weighted by Gasteiger charge is 2.43. The third-order valence-electron chi connectivity index (χ3n) is 5.10. The topological polar surface area (TPSA) is 24.1 Å². The largest absolute Gasteiger partial charge is 0.385 e. The Bertz CT molecular complexity index is 528. The highest BCUT2D eigenvalue weighted by atomic mass is 19.3. The van der Waals surface area contributed by atoms with Crippen LogP contribution in [0, 0.1) is 11.8 Å². The predicted molar refractivity (Wildman–Crippen MR) is 85.5 cm³/mol. The fraction of sp³-hybridized carbons (Fsp3) is 0.667. The van der Waals surface area contributed by atoms with Crippen molar-refractivity contribution in [1.82, 2.24) is 10.6 Å². The van der Waals surface area contributed by atoms with E-state index >= 15 is 0 Å². The smallest absolute Gasteiger partial charge is 0.269 e. The number of fused-ring (bicyclic) bond motifs is 1. The average Bonchev–Trinajstić information content (AvgIpc) is 2.82. The molecule has 3 aliphatic rings. The Morgan fingerprint density at radius 1 is 1.32 bits per heavy atom. The Labute approximate surface area is 131 Å². The average molecular weight is 308 g/mol. The first kappa shape index (κ1) is 15.6. The number of rotatable bonds is 3. The lowest BCUT2D eigenvalue weighted by atomic mass is 9.82. The summed E-state index contributed by atoms with van der Waals surface area (Å²) in [6.45, 7) is 5.30. The van der Waals surface area contributed by atoms with Crippen molar-refractivity contribution in [3.8, 4) is 0 Å². The SMILES string of the molecule is CC1=CC2NC=C(C(C)(F)F)C2C(NC2CCCC(C)C2)=C1. The van der Waals surface area contributed by atoms with E-state index < -0.39 is 5.92 Å². The number of allylic oxidation sites excluding steroid dienone is 2. The molecule has 2 nitrogen and oxygen atoms in total. The number of hydrogen-bond acceptors (Lipinski definition) is 2. The molecule has 4 heteroatoms. The van der Waals surface area contributed by atoms with Crippen LogP contribution >= 0.6 is 0 Å². The molecule has 3 rings (SSSR count). The Morgan fingerprint density at radius 2 is 2.09 bits per heavy atom. The molecule has 0 radical (unpaired) electrons. The van der Waals surface area contributed by atoms with E-state index in [1.54, 1.807) is 0 Å². The van der Waals surface area contributed by atoms with Crippen LogP contribution in [0.4, 0.5) is 8.78 Å². The Balaban J connectivity index is 1.81. The van der Waals surface area contributed by atoms with E-state index in [1.165, 1.54) is 19.0 Å². The van der Waals surface area contributed by atoms with Crippen molar-refractivity contribution < 1.29 is 8.78 Å². The maximum Gasteiger partial charge on any atom is 0.269 e. The first-order chi connectivity index (χ1) is 10.3. The summed E-state index contributed by atoms with van der Waals surface area (Å²) in [7, 11) is 0. The molecule has 0 amide bonds. The lowest BCUT2D eigenvalue weighted by molar-refractivity contribution is 0.0545. The summed E-state index contributed by atoms with van der Waals surface area (Å²) in [6.07, 6.45) is 10.4. The third-order valence-corrected chi connectivity index (χ3v) is 5.10. The van der Waals surface area contributed by atoms with Crippen molar-refractivity contribution in [2.24, 2.45) is 11.8 Å². The van der Waals surface area contributed by atoms with Crippen LogP contribution in [0.15, 0.2) is 35.2 Å². The molecule has 1 aliphatic heterocycles. The van der Waals surface area contributed by atoms with E-state index in [4.69, 9.17) is 0 Å². The van der Waals surface area contributed by atoms with Crippen LogP contribution < -0.4 is 10.6 Å². The predicted octanol–water partition coefficient (Wildman–Crippen LogP) is 4.13. The molecule has 2 N–H and O–H groups in total. The van der Waals surface area contributed by atoms with Crippen molar-refractivity contribution in [3.05, 3.63) is 35.2 Å². The van der Waals surface area contributed by atoms with Crippen LogP contribution in [-0.2, 0) is 0 Å². The number of halogens is 2. The molecule has 122 valence electrons. The molecule has 0 aromatic carbocycles. The summed E-state index contributed by atoms with van der Waals surface area (Å²) >= 11 is 0. The maximum absolute atomic E-state index is 13.9. The van der Waals surface area contributed by atoms with Gasteiger partial charge >= 0.3 is 0 Å². The maximum atomic E-state index is 13.9. The van der Waals surface area contributed by atoms with Gasteiger partial charge in [-0.2, -0.15) is 0 Å². The molecule has 0 spiro atoms. The first-order valence-corrected chi connectivity index (χ1v) is 8.35. The van der Waals surface area contributed by atoms with Gasteiger partial charge in [0, 0.05) is 30.4 Å². The Kier molecular flexibility index (Phi) is 4.04. The zero-order valence-corrected chi connectivity index (χ0v) is 13.6. The second-order valence-corrected chi connectivity index (χ2v) is 7.28. The van der Waals surface area contributed by atoms with E-state index in [2.05, 4.69) is 23.6 Å². The van der Waals surface area contributed by atoms with Crippen molar-refractivity contribution in [3.63, 3.8) is 0 Å². The molecule has 0 aromatic heterocycles. The van der Waals surface area contributed by atoms with Gasteiger partial charge in [0.05, 0.1) is 12.0 Å². The van der Waals surface area contributed by atoms with Crippen LogP contribution in [0.1, 0.15) is 46.5 Å². The molecule has 0 aromatic rings. The minimum Gasteiger partial charge on any atom is -0.385 e. The summed E-state index contributed by atoms with van der Waals surface area (Å²) in [5.74, 6) is -2.33. The molecule has 22 heavy (non-hydrogen) atoms. The van der Waals surface area contributed by atoms with E-state index in [1.807, 2.05) is 13.0 Å². The van der Waals surface area contributed by atoms with Gasteiger partial charge in [-0.15, -0.1) is 0 Å². The third kappa shape index (κ3) is 3.06. The van der Waals surface area contributed by atoms with Crippen LogP contribution in [0.5, 0.6) is 0 Å². The molecule has 2 aliphatic carbocycles. The Hall–Kier alpha value is -1.32. The molecule has 4 atom stereocenters. The van der Waals surface area contributed by atoms with E-state index in [-0.39, 0.29) is 17.5 Å². The quantitative estimate of drug-likeness (QED) is 0.819. The van der Waals surface area contributed by atoms with Crippen molar-refractivity contribution in [2.75, 3.05) is 0 Å². The lowest BCUT2D eigenvalue weighted by Crippen LogP contribution is -2.41. The molecule has 0 bridgehead atoms. The van der Waals surface area contributed by atoms with Gasteiger partial charge in [0.1, 0.15) is 0 Å². The fourth-order valence-corrected chi connectivity index (χ4v) is 4.07. The summed E-state index contributed by atoms with van der Waals surface area (Å²) in [6, 6.07) is 0.364. The first-order valence-electron chi connectivity index (χ1n) is 8.35. The molecule has 0 saturated heterocycles. The van der Waals surface area contributed by atoms with Gasteiger partial charge in [-0.1, -0.05) is 31.4 Å². The highest BCUT2D eigenvalue weighted by Crippen LogP contribution is 2.41. The van der Waals surface area contributed by atoms with Crippen LogP contribution in [-0.4, -0.2) is 18.0 Å². The standard InChI is InChI=1S/C18H26F2N2/c1-11-5-4-6-13(7-11)22-16-9-12(2)8-15-17(16)14(10-21-15)18(3,19)20/h8-11,13,15,17,21-22H,4-7H2,1-3H3. The summed E-state index contributed by atoms with van der Waals surface area (Å²) in [5.41, 5.74) is 2.29. The van der Waals surface area contributed by atoms with Gasteiger partial charge < -0.3 is 10.6 Å². The monoisotopic (exact) mass is 308 g/mol. The second-order valence-electron chi connectivity index (χ2n) is 7.28. The molecular formula is C18H26F2N2. The van der Waals surface area contributed by atoms with E-state index in [9.17, 15) is 8.78 Å². The highest BCUT2D eigenvalue weighted by molar-refractivity contribution is 5.42. The van der Waals surface area contributed by atoms with Crippen molar-refractivity contribution in [1.29, 1.82) is 0 Å². The summed E-state index contributed by atoms with van der Waals surface area (Å²) in [5, 5.41) is 6.72. The lowest BCUT2D eigenvalue weighted by Gasteiger charge is -2.35. The summed E-state index contributed by atoms with van der Waals surface area (Å²) < 4.78 is 27.9. The minimum absolute atomic E-state index is 0.0469. The van der Waals surface area contributed by atoms with Crippen LogP contribution in [0.2, 0.25) is 0 Å². The summed E-state index contributed by atoms with van der Waals surface area (Å²) in [4.78, 5) is 0. The zero-order valence-electron chi connectivity index (χ0n) is 13.6. The van der Waals surface area contributed by atoms with Gasteiger partial charge in [-0.05, 0) is 31.8 Å². The van der Waals surface area contributed by atoms with Crippen LogP contribution in [0.25, 0.3) is 0 Å². The zero-order chi connectivity index (χ0) is 15.9. The van der Waals surface area contributed by atoms with E-state index in [0.29, 0.717) is 12.0 Å². The van der Waals surface area contributed by atoms with Gasteiger partial charge in [0.15, 0.2) is 0 Å². The van der Waals surface area contributed by atoms with Crippen LogP contribution in [0.3, 0.4) is 0 Å². The Morgan fingerprint density at radius 3 is 2.77 bits per heavy atom. The fourth-order valence-electron chi connectivity index (χ4n) is 4.07. The van der Waals surface area contributed by atoms with Crippen molar-refractivity contribution >= 4 is 0 Å². The van der Waals surface area contributed by atoms with Gasteiger partial charge in [0.25, 0.3) is 5.92 Å².